The Morgan fingerprint density at radius 1 is 0.857 bits per heavy atom. The second-order valence-corrected chi connectivity index (χ2v) is 5.89. The summed E-state index contributed by atoms with van der Waals surface area (Å²) in [5.41, 5.74) is 15.9. The summed E-state index contributed by atoms with van der Waals surface area (Å²) in [4.78, 5) is 9.28. The van der Waals surface area contributed by atoms with Crippen LogP contribution in [-0.2, 0) is 0 Å². The zero-order chi connectivity index (χ0) is 14.4. The highest BCUT2D eigenvalue weighted by Crippen LogP contribution is 2.32. The quantitative estimate of drug-likeness (QED) is 0.525. The summed E-state index contributed by atoms with van der Waals surface area (Å²) < 4.78 is 1.14. The Morgan fingerprint density at radius 2 is 1.71 bits per heavy atom. The highest BCUT2D eigenvalue weighted by atomic mass is 32.1. The first-order chi connectivity index (χ1) is 10.2. The van der Waals surface area contributed by atoms with Gasteiger partial charge in [-0.25, -0.2) is 9.97 Å². The number of para-hydroxylation sites is 1. The molecule has 0 amide bonds. The number of thiazole rings is 1. The van der Waals surface area contributed by atoms with Crippen molar-refractivity contribution >= 4 is 43.8 Å². The maximum atomic E-state index is 6.14. The van der Waals surface area contributed by atoms with Gasteiger partial charge in [-0.2, -0.15) is 0 Å². The molecule has 0 aliphatic rings. The van der Waals surface area contributed by atoms with Crippen LogP contribution in [0.3, 0.4) is 0 Å². The lowest BCUT2D eigenvalue weighted by Gasteiger charge is -2.05. The molecule has 2 aromatic heterocycles. The number of fused-ring (bicyclic) bond motifs is 2. The standard InChI is InChI=1S/C16H12N4S/c17-9-5-6-12-10(7-9)11(18)8-14(19-12)16-20-13-3-1-2-4-15(13)21-16/h1-8H,17H2,(H2,18,19). The smallest absolute Gasteiger partial charge is 0.143 e. The third kappa shape index (κ3) is 1.98. The minimum Gasteiger partial charge on any atom is -0.399 e. The van der Waals surface area contributed by atoms with Crippen molar-refractivity contribution in [3.63, 3.8) is 0 Å². The van der Waals surface area contributed by atoms with E-state index in [0.717, 1.165) is 31.8 Å². The number of nitrogen functional groups attached to an aromatic ring is 2. The Bertz CT molecular complexity index is 942. The molecule has 4 nitrogen and oxygen atoms in total. The Hall–Kier alpha value is -2.66. The maximum absolute atomic E-state index is 6.14. The highest BCUT2D eigenvalue weighted by Gasteiger charge is 2.10. The van der Waals surface area contributed by atoms with Crippen molar-refractivity contribution in [1.29, 1.82) is 0 Å². The summed E-state index contributed by atoms with van der Waals surface area (Å²) in [6.07, 6.45) is 0. The fourth-order valence-electron chi connectivity index (χ4n) is 2.36. The molecule has 0 spiro atoms. The number of hydrogen-bond acceptors (Lipinski definition) is 5. The number of benzene rings is 2. The Kier molecular flexibility index (Phi) is 2.55. The van der Waals surface area contributed by atoms with E-state index in [1.807, 2.05) is 42.5 Å². The number of hydrogen-bond donors (Lipinski definition) is 2. The topological polar surface area (TPSA) is 77.8 Å². The molecule has 0 saturated heterocycles. The lowest BCUT2D eigenvalue weighted by atomic mass is 10.1. The van der Waals surface area contributed by atoms with E-state index < -0.39 is 0 Å². The Labute approximate surface area is 125 Å². The van der Waals surface area contributed by atoms with Crippen LogP contribution in [0, 0.1) is 0 Å². The molecule has 2 heterocycles. The lowest BCUT2D eigenvalue weighted by Crippen LogP contribution is -1.94. The normalized spacial score (nSPS) is 11.2. The van der Waals surface area contributed by atoms with Crippen LogP contribution in [0.4, 0.5) is 11.4 Å². The molecule has 4 aromatic rings. The third-order valence-corrected chi connectivity index (χ3v) is 4.44. The van der Waals surface area contributed by atoms with E-state index in [9.17, 15) is 0 Å². The minimum absolute atomic E-state index is 0.668. The molecule has 102 valence electrons. The van der Waals surface area contributed by atoms with Gasteiger partial charge in [0.05, 0.1) is 15.7 Å². The molecule has 21 heavy (non-hydrogen) atoms. The monoisotopic (exact) mass is 292 g/mol. The van der Waals surface area contributed by atoms with Gasteiger partial charge in [-0.05, 0) is 36.4 Å². The molecule has 2 aromatic carbocycles. The molecule has 0 aliphatic carbocycles. The fourth-order valence-corrected chi connectivity index (χ4v) is 3.29. The van der Waals surface area contributed by atoms with Crippen LogP contribution >= 0.6 is 11.3 Å². The molecule has 0 saturated carbocycles. The molecule has 4 N–H and O–H groups in total. The van der Waals surface area contributed by atoms with Crippen LogP contribution in [0.5, 0.6) is 0 Å². The van der Waals surface area contributed by atoms with Gasteiger partial charge in [0, 0.05) is 16.8 Å². The van der Waals surface area contributed by atoms with Crippen molar-refractivity contribution in [3.8, 4) is 10.7 Å². The first-order valence-electron chi connectivity index (χ1n) is 6.52. The number of aromatic nitrogens is 2. The highest BCUT2D eigenvalue weighted by molar-refractivity contribution is 7.21. The number of nitrogens with zero attached hydrogens (tertiary/aromatic N) is 2. The number of nitrogens with two attached hydrogens (primary N) is 2. The van der Waals surface area contributed by atoms with E-state index in [4.69, 9.17) is 11.5 Å². The predicted octanol–water partition coefficient (Wildman–Crippen LogP) is 3.68. The molecule has 0 radical (unpaired) electrons. The van der Waals surface area contributed by atoms with Crippen molar-refractivity contribution in [1.82, 2.24) is 9.97 Å². The van der Waals surface area contributed by atoms with Crippen LogP contribution in [0.15, 0.2) is 48.5 Å². The average molecular weight is 292 g/mol. The van der Waals surface area contributed by atoms with Gasteiger partial charge < -0.3 is 11.5 Å². The summed E-state index contributed by atoms with van der Waals surface area (Å²) in [6, 6.07) is 15.5. The van der Waals surface area contributed by atoms with Gasteiger partial charge >= 0.3 is 0 Å². The molecule has 0 aliphatic heterocycles. The zero-order valence-corrected chi connectivity index (χ0v) is 11.9. The average Bonchev–Trinajstić information content (AvgIpc) is 2.92. The SMILES string of the molecule is Nc1ccc2nc(-c3nc4ccccc4s3)cc(N)c2c1. The summed E-state index contributed by atoms with van der Waals surface area (Å²) >= 11 is 1.62. The van der Waals surface area contributed by atoms with Gasteiger partial charge in [0.2, 0.25) is 0 Å². The molecule has 5 heteroatoms. The van der Waals surface area contributed by atoms with Crippen molar-refractivity contribution in [3.05, 3.63) is 48.5 Å². The third-order valence-electron chi connectivity index (χ3n) is 3.38. The molecule has 0 fully saturated rings. The second-order valence-electron chi connectivity index (χ2n) is 4.86. The molecule has 0 bridgehead atoms. The first kappa shape index (κ1) is 12.1. The van der Waals surface area contributed by atoms with Gasteiger partial charge in [0.25, 0.3) is 0 Å². The van der Waals surface area contributed by atoms with Gasteiger partial charge in [-0.1, -0.05) is 12.1 Å². The van der Waals surface area contributed by atoms with E-state index in [-0.39, 0.29) is 0 Å². The van der Waals surface area contributed by atoms with Crippen LogP contribution in [0.1, 0.15) is 0 Å². The molecular formula is C16H12N4S. The largest absolute Gasteiger partial charge is 0.399 e. The number of rotatable bonds is 1. The van der Waals surface area contributed by atoms with E-state index in [1.54, 1.807) is 11.3 Å². The van der Waals surface area contributed by atoms with Crippen LogP contribution in [-0.4, -0.2) is 9.97 Å². The predicted molar refractivity (Wildman–Crippen MR) is 89.2 cm³/mol. The number of anilines is 2. The molecular weight excluding hydrogens is 280 g/mol. The summed E-state index contributed by atoms with van der Waals surface area (Å²) in [5, 5.41) is 1.75. The maximum Gasteiger partial charge on any atom is 0.143 e. The van der Waals surface area contributed by atoms with Gasteiger partial charge in [0.15, 0.2) is 0 Å². The molecule has 0 unspecified atom stereocenters. The van der Waals surface area contributed by atoms with Crippen molar-refractivity contribution in [2.24, 2.45) is 0 Å². The van der Waals surface area contributed by atoms with Crippen molar-refractivity contribution in [2.45, 2.75) is 0 Å². The van der Waals surface area contributed by atoms with Crippen molar-refractivity contribution < 1.29 is 0 Å². The van der Waals surface area contributed by atoms with Crippen LogP contribution < -0.4 is 11.5 Å². The number of pyridine rings is 1. The van der Waals surface area contributed by atoms with Gasteiger partial charge in [0.1, 0.15) is 10.7 Å². The van der Waals surface area contributed by atoms with Gasteiger partial charge in [-0.15, -0.1) is 11.3 Å². The van der Waals surface area contributed by atoms with Crippen LogP contribution in [0.2, 0.25) is 0 Å². The summed E-state index contributed by atoms with van der Waals surface area (Å²) in [7, 11) is 0. The summed E-state index contributed by atoms with van der Waals surface area (Å²) in [5.74, 6) is 0. The summed E-state index contributed by atoms with van der Waals surface area (Å²) in [6.45, 7) is 0. The van der Waals surface area contributed by atoms with E-state index in [2.05, 4.69) is 16.0 Å². The molecule has 4 rings (SSSR count). The van der Waals surface area contributed by atoms with Crippen LogP contribution in [0.25, 0.3) is 31.8 Å². The first-order valence-corrected chi connectivity index (χ1v) is 7.34. The minimum atomic E-state index is 0.668. The Balaban J connectivity index is 1.95. The van der Waals surface area contributed by atoms with Gasteiger partial charge in [-0.3, -0.25) is 0 Å². The van der Waals surface area contributed by atoms with E-state index >= 15 is 0 Å². The molecule has 0 atom stereocenters. The Morgan fingerprint density at radius 3 is 2.57 bits per heavy atom. The lowest BCUT2D eigenvalue weighted by molar-refractivity contribution is 1.36. The zero-order valence-electron chi connectivity index (χ0n) is 11.1. The van der Waals surface area contributed by atoms with Crippen molar-refractivity contribution in [2.75, 3.05) is 11.5 Å². The van der Waals surface area contributed by atoms with E-state index in [0.29, 0.717) is 11.4 Å². The van der Waals surface area contributed by atoms with E-state index in [1.165, 1.54) is 0 Å². The second kappa shape index (κ2) is 4.43. The fraction of sp³-hybridized carbons (Fsp3) is 0.